The van der Waals surface area contributed by atoms with Gasteiger partial charge < -0.3 is 9.47 Å². The summed E-state index contributed by atoms with van der Waals surface area (Å²) in [5.74, 6) is 1.32. The van der Waals surface area contributed by atoms with Crippen LogP contribution in [0.2, 0.25) is 5.02 Å². The van der Waals surface area contributed by atoms with Gasteiger partial charge in [-0.05, 0) is 74.6 Å². The van der Waals surface area contributed by atoms with E-state index < -0.39 is 11.6 Å². The van der Waals surface area contributed by atoms with Gasteiger partial charge in [0, 0.05) is 5.02 Å². The lowest BCUT2D eigenvalue weighted by Gasteiger charge is -2.24. The smallest absolute Gasteiger partial charge is 0.355 e. The number of rotatable bonds is 5. The maximum absolute atomic E-state index is 12.5. The molecule has 0 saturated heterocycles. The zero-order valence-electron chi connectivity index (χ0n) is 15.3. The van der Waals surface area contributed by atoms with Crippen molar-refractivity contribution in [2.24, 2.45) is 0 Å². The van der Waals surface area contributed by atoms with Gasteiger partial charge in [-0.3, -0.25) is 0 Å². The summed E-state index contributed by atoms with van der Waals surface area (Å²) in [6.45, 7) is 3.39. The number of esters is 1. The molecule has 3 nitrogen and oxygen atoms in total. The van der Waals surface area contributed by atoms with Crippen LogP contribution in [0.15, 0.2) is 48.5 Å². The van der Waals surface area contributed by atoms with Crippen molar-refractivity contribution in [3.63, 3.8) is 0 Å². The number of benzene rings is 2. The van der Waals surface area contributed by atoms with E-state index in [0.29, 0.717) is 22.4 Å². The second-order valence-corrected chi connectivity index (χ2v) is 7.80. The van der Waals surface area contributed by atoms with Gasteiger partial charge >= 0.3 is 5.97 Å². The quantitative estimate of drug-likeness (QED) is 0.466. The molecule has 2 aromatic carbocycles. The summed E-state index contributed by atoms with van der Waals surface area (Å²) in [5.41, 5.74) is 0.233. The normalized spacial score (nSPS) is 15.5. The molecule has 1 fully saturated rings. The topological polar surface area (TPSA) is 35.5 Å². The Morgan fingerprint density at radius 1 is 0.923 bits per heavy atom. The molecule has 0 aliphatic heterocycles. The molecule has 0 unspecified atom stereocenters. The summed E-state index contributed by atoms with van der Waals surface area (Å²) < 4.78 is 11.3. The fraction of sp³-hybridized carbons (Fsp3) is 0.409. The number of halogens is 1. The minimum absolute atomic E-state index is 0.433. The van der Waals surface area contributed by atoms with Crippen LogP contribution < -0.4 is 9.47 Å². The Balaban J connectivity index is 1.61. The largest absolute Gasteiger partial charge is 0.476 e. The minimum Gasteiger partial charge on any atom is -0.476 e. The van der Waals surface area contributed by atoms with E-state index in [1.165, 1.54) is 37.7 Å². The lowest BCUT2D eigenvalue weighted by Crippen LogP contribution is -2.41. The summed E-state index contributed by atoms with van der Waals surface area (Å²) in [4.78, 5) is 12.5. The zero-order valence-corrected chi connectivity index (χ0v) is 16.1. The molecule has 4 heteroatoms. The fourth-order valence-corrected chi connectivity index (χ4v) is 3.44. The van der Waals surface area contributed by atoms with Crippen LogP contribution in [0.5, 0.6) is 11.5 Å². The molecule has 0 radical (unpaired) electrons. The highest BCUT2D eigenvalue weighted by Crippen LogP contribution is 2.33. The van der Waals surface area contributed by atoms with Crippen molar-refractivity contribution in [2.75, 3.05) is 0 Å². The predicted molar refractivity (Wildman–Crippen MR) is 104 cm³/mol. The average molecular weight is 373 g/mol. The van der Waals surface area contributed by atoms with Gasteiger partial charge in [-0.1, -0.05) is 43.0 Å². The molecule has 0 amide bonds. The third-order valence-corrected chi connectivity index (χ3v) is 5.10. The lowest BCUT2D eigenvalue weighted by atomic mass is 9.84. The molecule has 138 valence electrons. The zero-order chi connectivity index (χ0) is 18.6. The Morgan fingerprint density at radius 3 is 2.12 bits per heavy atom. The maximum Gasteiger partial charge on any atom is 0.355 e. The van der Waals surface area contributed by atoms with Crippen molar-refractivity contribution in [3.05, 3.63) is 59.1 Å². The van der Waals surface area contributed by atoms with E-state index in [2.05, 4.69) is 12.1 Å². The Bertz CT molecular complexity index is 729. The van der Waals surface area contributed by atoms with Crippen LogP contribution in [0.25, 0.3) is 0 Å². The third kappa shape index (κ3) is 4.79. The molecule has 2 aromatic rings. The molecule has 3 rings (SSSR count). The van der Waals surface area contributed by atoms with E-state index in [0.717, 1.165) is 0 Å². The molecule has 0 heterocycles. The van der Waals surface area contributed by atoms with Gasteiger partial charge in [-0.25, -0.2) is 4.79 Å². The molecule has 0 spiro atoms. The SMILES string of the molecule is CC(C)(Oc1ccc(Cl)cc1)C(=O)Oc1ccc(C2CCCCC2)cc1. The van der Waals surface area contributed by atoms with Gasteiger partial charge in [0.25, 0.3) is 0 Å². The average Bonchev–Trinajstić information content (AvgIpc) is 2.65. The highest BCUT2D eigenvalue weighted by atomic mass is 35.5. The molecule has 0 atom stereocenters. The first kappa shape index (κ1) is 18.8. The van der Waals surface area contributed by atoms with Crippen molar-refractivity contribution in [1.29, 1.82) is 0 Å². The molecule has 0 bridgehead atoms. The van der Waals surface area contributed by atoms with Gasteiger partial charge in [-0.15, -0.1) is 0 Å². The first-order valence-electron chi connectivity index (χ1n) is 9.21. The molecule has 1 saturated carbocycles. The Labute approximate surface area is 160 Å². The second-order valence-electron chi connectivity index (χ2n) is 7.36. The van der Waals surface area contributed by atoms with Crippen LogP contribution in [0.1, 0.15) is 57.4 Å². The van der Waals surface area contributed by atoms with Crippen molar-refractivity contribution in [3.8, 4) is 11.5 Å². The Hall–Kier alpha value is -2.00. The molecule has 1 aliphatic carbocycles. The van der Waals surface area contributed by atoms with Crippen LogP contribution in [0.3, 0.4) is 0 Å². The van der Waals surface area contributed by atoms with E-state index in [-0.39, 0.29) is 0 Å². The van der Waals surface area contributed by atoms with E-state index in [1.54, 1.807) is 38.1 Å². The molecular weight excluding hydrogens is 348 g/mol. The van der Waals surface area contributed by atoms with Gasteiger partial charge in [0.15, 0.2) is 0 Å². The molecule has 26 heavy (non-hydrogen) atoms. The predicted octanol–water partition coefficient (Wildman–Crippen LogP) is 6.15. The molecular formula is C22H25ClO3. The third-order valence-electron chi connectivity index (χ3n) is 4.85. The van der Waals surface area contributed by atoms with Crippen LogP contribution in [-0.4, -0.2) is 11.6 Å². The monoisotopic (exact) mass is 372 g/mol. The summed E-state index contributed by atoms with van der Waals surface area (Å²) in [5, 5.41) is 0.621. The number of carbonyl (C=O) groups is 1. The van der Waals surface area contributed by atoms with Crippen molar-refractivity contribution in [2.45, 2.75) is 57.5 Å². The van der Waals surface area contributed by atoms with E-state index in [9.17, 15) is 4.79 Å². The van der Waals surface area contributed by atoms with Crippen LogP contribution in [0.4, 0.5) is 0 Å². The van der Waals surface area contributed by atoms with Crippen molar-refractivity contribution in [1.82, 2.24) is 0 Å². The molecule has 1 aliphatic rings. The van der Waals surface area contributed by atoms with Gasteiger partial charge in [0.2, 0.25) is 5.60 Å². The van der Waals surface area contributed by atoms with Gasteiger partial charge in [0.05, 0.1) is 0 Å². The van der Waals surface area contributed by atoms with Crippen molar-refractivity contribution >= 4 is 17.6 Å². The summed E-state index contributed by atoms with van der Waals surface area (Å²) in [6.07, 6.45) is 6.45. The Morgan fingerprint density at radius 2 is 1.50 bits per heavy atom. The Kier molecular flexibility index (Phi) is 5.87. The second kappa shape index (κ2) is 8.13. The number of ether oxygens (including phenoxy) is 2. The highest BCUT2D eigenvalue weighted by Gasteiger charge is 2.32. The summed E-state index contributed by atoms with van der Waals surface area (Å²) in [6, 6.07) is 14.8. The van der Waals surface area contributed by atoms with Gasteiger partial charge in [-0.2, -0.15) is 0 Å². The van der Waals surface area contributed by atoms with Crippen LogP contribution in [0, 0.1) is 0 Å². The van der Waals surface area contributed by atoms with Gasteiger partial charge in [0.1, 0.15) is 11.5 Å². The molecule has 0 aromatic heterocycles. The lowest BCUT2D eigenvalue weighted by molar-refractivity contribution is -0.149. The fourth-order valence-electron chi connectivity index (χ4n) is 3.31. The first-order chi connectivity index (χ1) is 12.4. The van der Waals surface area contributed by atoms with E-state index in [4.69, 9.17) is 21.1 Å². The highest BCUT2D eigenvalue weighted by molar-refractivity contribution is 6.30. The minimum atomic E-state index is -1.10. The van der Waals surface area contributed by atoms with Crippen LogP contribution >= 0.6 is 11.6 Å². The number of hydrogen-bond acceptors (Lipinski definition) is 3. The molecule has 0 N–H and O–H groups in total. The van der Waals surface area contributed by atoms with Crippen LogP contribution in [-0.2, 0) is 4.79 Å². The first-order valence-corrected chi connectivity index (χ1v) is 9.59. The van der Waals surface area contributed by atoms with Crippen molar-refractivity contribution < 1.29 is 14.3 Å². The van der Waals surface area contributed by atoms with E-state index in [1.807, 2.05) is 12.1 Å². The maximum atomic E-state index is 12.5. The summed E-state index contributed by atoms with van der Waals surface area (Å²) in [7, 11) is 0. The number of carbonyl (C=O) groups excluding carboxylic acids is 1. The standard InChI is InChI=1S/C22H25ClO3/c1-22(2,26-20-14-10-18(23)11-15-20)21(24)25-19-12-8-17(9-13-19)16-6-4-3-5-7-16/h8-16H,3-7H2,1-2H3. The summed E-state index contributed by atoms with van der Waals surface area (Å²) >= 11 is 5.87. The van der Waals surface area contributed by atoms with E-state index >= 15 is 0 Å². The number of hydrogen-bond donors (Lipinski definition) is 0.